The maximum Gasteiger partial charge on any atom is 0.324 e. The summed E-state index contributed by atoms with van der Waals surface area (Å²) < 4.78 is 0. The maximum atomic E-state index is 12.6. The number of carbonyl (C=O) groups is 1. The van der Waals surface area contributed by atoms with E-state index < -0.39 is 0 Å². The number of piperazine rings is 1. The predicted molar refractivity (Wildman–Crippen MR) is 89.2 cm³/mol. The minimum atomic E-state index is 0.141. The average molecular weight is 308 g/mol. The molecule has 1 aromatic carbocycles. The highest BCUT2D eigenvalue weighted by atomic mass is 16.2. The van der Waals surface area contributed by atoms with Crippen LogP contribution in [-0.4, -0.2) is 53.0 Å². The molecule has 1 unspecified atom stereocenters. The van der Waals surface area contributed by atoms with Crippen molar-refractivity contribution >= 4 is 11.7 Å². The van der Waals surface area contributed by atoms with Crippen molar-refractivity contribution in [1.82, 2.24) is 14.8 Å². The van der Waals surface area contributed by atoms with Crippen LogP contribution in [0.4, 0.5) is 10.5 Å². The molecule has 4 rings (SSSR count). The molecule has 3 heterocycles. The summed E-state index contributed by atoms with van der Waals surface area (Å²) in [5.74, 6) is 0. The maximum absolute atomic E-state index is 12.6. The summed E-state index contributed by atoms with van der Waals surface area (Å²) in [6.45, 7) is 4.31. The number of rotatable bonds is 3. The van der Waals surface area contributed by atoms with Crippen molar-refractivity contribution in [3.63, 3.8) is 0 Å². The number of nitrogens with zero attached hydrogens (tertiary/aromatic N) is 4. The van der Waals surface area contributed by atoms with E-state index in [0.717, 1.165) is 38.4 Å². The van der Waals surface area contributed by atoms with Gasteiger partial charge < -0.3 is 4.90 Å². The number of fused-ring (bicyclic) bond motifs is 1. The van der Waals surface area contributed by atoms with Crippen molar-refractivity contribution in [2.24, 2.45) is 0 Å². The van der Waals surface area contributed by atoms with Crippen molar-refractivity contribution in [3.8, 4) is 0 Å². The lowest BCUT2D eigenvalue weighted by atomic mass is 10.1. The molecule has 2 amide bonds. The predicted octanol–water partition coefficient (Wildman–Crippen LogP) is 2.21. The number of hydrogen-bond donors (Lipinski definition) is 0. The molecular formula is C18H20N4O. The van der Waals surface area contributed by atoms with E-state index in [9.17, 15) is 4.79 Å². The largest absolute Gasteiger partial charge is 0.324 e. The number of benzene rings is 1. The Kier molecular flexibility index (Phi) is 3.71. The SMILES string of the molecule is O=C1N(c2ccccc2)CC2CN(Cc3cccnc3)CCN12. The molecule has 2 saturated heterocycles. The first kappa shape index (κ1) is 14.2. The van der Waals surface area contributed by atoms with Gasteiger partial charge in [-0.15, -0.1) is 0 Å². The molecule has 0 aliphatic carbocycles. The Morgan fingerprint density at radius 1 is 1.04 bits per heavy atom. The van der Waals surface area contributed by atoms with Gasteiger partial charge in [0.05, 0.1) is 6.04 Å². The van der Waals surface area contributed by atoms with Crippen LogP contribution in [0.15, 0.2) is 54.9 Å². The molecule has 2 aliphatic heterocycles. The molecule has 2 fully saturated rings. The number of aromatic nitrogens is 1. The summed E-state index contributed by atoms with van der Waals surface area (Å²) in [6, 6.07) is 14.4. The number of carbonyl (C=O) groups excluding carboxylic acids is 1. The molecule has 2 aromatic rings. The van der Waals surface area contributed by atoms with E-state index in [1.54, 1.807) is 6.20 Å². The van der Waals surface area contributed by atoms with E-state index in [-0.39, 0.29) is 12.1 Å². The Labute approximate surface area is 136 Å². The molecule has 0 spiro atoms. The zero-order valence-corrected chi connectivity index (χ0v) is 13.0. The molecule has 0 bridgehead atoms. The van der Waals surface area contributed by atoms with Crippen LogP contribution in [-0.2, 0) is 6.54 Å². The minimum Gasteiger partial charge on any atom is -0.317 e. The second-order valence-electron chi connectivity index (χ2n) is 6.17. The summed E-state index contributed by atoms with van der Waals surface area (Å²) >= 11 is 0. The zero-order valence-electron chi connectivity index (χ0n) is 13.0. The Morgan fingerprint density at radius 3 is 2.70 bits per heavy atom. The van der Waals surface area contributed by atoms with Crippen LogP contribution >= 0.6 is 0 Å². The Balaban J connectivity index is 1.45. The molecule has 23 heavy (non-hydrogen) atoms. The van der Waals surface area contributed by atoms with E-state index in [1.807, 2.05) is 52.4 Å². The third-order valence-electron chi connectivity index (χ3n) is 4.63. The summed E-state index contributed by atoms with van der Waals surface area (Å²) in [6.07, 6.45) is 3.72. The van der Waals surface area contributed by atoms with Crippen LogP contribution in [0.3, 0.4) is 0 Å². The molecule has 5 heteroatoms. The monoisotopic (exact) mass is 308 g/mol. The van der Waals surface area contributed by atoms with Crippen LogP contribution < -0.4 is 4.90 Å². The fraction of sp³-hybridized carbons (Fsp3) is 0.333. The smallest absolute Gasteiger partial charge is 0.317 e. The van der Waals surface area contributed by atoms with Gasteiger partial charge in [0.1, 0.15) is 0 Å². The number of urea groups is 1. The number of pyridine rings is 1. The van der Waals surface area contributed by atoms with Crippen LogP contribution in [0.5, 0.6) is 0 Å². The van der Waals surface area contributed by atoms with Crippen LogP contribution in [0.25, 0.3) is 0 Å². The first-order chi connectivity index (χ1) is 11.3. The van der Waals surface area contributed by atoms with Crippen LogP contribution in [0.2, 0.25) is 0 Å². The second-order valence-corrected chi connectivity index (χ2v) is 6.17. The number of anilines is 1. The molecule has 1 atom stereocenters. The Bertz CT molecular complexity index is 676. The van der Waals surface area contributed by atoms with Gasteiger partial charge in [0.25, 0.3) is 0 Å². The standard InChI is InChI=1S/C18H20N4O/c23-18-21-10-9-20(12-15-5-4-8-19-11-15)13-17(21)14-22(18)16-6-2-1-3-7-16/h1-8,11,17H,9-10,12-14H2. The minimum absolute atomic E-state index is 0.141. The fourth-order valence-electron chi connectivity index (χ4n) is 3.49. The van der Waals surface area contributed by atoms with E-state index in [1.165, 1.54) is 5.56 Å². The summed E-state index contributed by atoms with van der Waals surface area (Å²) in [5, 5.41) is 0. The van der Waals surface area contributed by atoms with Crippen molar-refractivity contribution in [2.45, 2.75) is 12.6 Å². The Hall–Kier alpha value is -2.40. The third kappa shape index (κ3) is 2.80. The highest BCUT2D eigenvalue weighted by molar-refractivity contribution is 5.94. The average Bonchev–Trinajstić information content (AvgIpc) is 2.93. The highest BCUT2D eigenvalue weighted by Crippen LogP contribution is 2.26. The lowest BCUT2D eigenvalue weighted by molar-refractivity contribution is 0.116. The first-order valence-electron chi connectivity index (χ1n) is 8.06. The topological polar surface area (TPSA) is 39.7 Å². The molecule has 0 N–H and O–H groups in total. The first-order valence-corrected chi connectivity index (χ1v) is 8.06. The quantitative estimate of drug-likeness (QED) is 0.873. The highest BCUT2D eigenvalue weighted by Gasteiger charge is 2.40. The van der Waals surface area contributed by atoms with Crippen LogP contribution in [0, 0.1) is 0 Å². The van der Waals surface area contributed by atoms with Gasteiger partial charge >= 0.3 is 6.03 Å². The van der Waals surface area contributed by atoms with E-state index in [0.29, 0.717) is 0 Å². The Morgan fingerprint density at radius 2 is 1.91 bits per heavy atom. The van der Waals surface area contributed by atoms with Gasteiger partial charge in [0, 0.05) is 50.8 Å². The summed E-state index contributed by atoms with van der Waals surface area (Å²) in [5.41, 5.74) is 2.22. The van der Waals surface area contributed by atoms with Crippen molar-refractivity contribution < 1.29 is 4.79 Å². The molecule has 118 valence electrons. The molecular weight excluding hydrogens is 288 g/mol. The van der Waals surface area contributed by atoms with E-state index >= 15 is 0 Å². The lowest BCUT2D eigenvalue weighted by Crippen LogP contribution is -2.51. The second kappa shape index (κ2) is 6.01. The van der Waals surface area contributed by atoms with Crippen LogP contribution in [0.1, 0.15) is 5.56 Å². The number of para-hydroxylation sites is 1. The van der Waals surface area contributed by atoms with Crippen molar-refractivity contribution in [2.75, 3.05) is 31.1 Å². The van der Waals surface area contributed by atoms with E-state index in [4.69, 9.17) is 0 Å². The normalized spacial score (nSPS) is 21.6. The van der Waals surface area contributed by atoms with Gasteiger partial charge in [0.15, 0.2) is 0 Å². The molecule has 0 saturated carbocycles. The van der Waals surface area contributed by atoms with Gasteiger partial charge in [-0.1, -0.05) is 24.3 Å². The lowest BCUT2D eigenvalue weighted by Gasteiger charge is -2.36. The third-order valence-corrected chi connectivity index (χ3v) is 4.63. The fourth-order valence-corrected chi connectivity index (χ4v) is 3.49. The van der Waals surface area contributed by atoms with Crippen molar-refractivity contribution in [1.29, 1.82) is 0 Å². The summed E-state index contributed by atoms with van der Waals surface area (Å²) in [7, 11) is 0. The van der Waals surface area contributed by atoms with E-state index in [2.05, 4.69) is 16.0 Å². The molecule has 1 aromatic heterocycles. The number of hydrogen-bond acceptors (Lipinski definition) is 3. The van der Waals surface area contributed by atoms with Gasteiger partial charge in [0.2, 0.25) is 0 Å². The van der Waals surface area contributed by atoms with Gasteiger partial charge in [-0.25, -0.2) is 4.79 Å². The number of amides is 2. The van der Waals surface area contributed by atoms with Gasteiger partial charge in [-0.05, 0) is 23.8 Å². The zero-order chi connectivity index (χ0) is 15.6. The van der Waals surface area contributed by atoms with Gasteiger partial charge in [-0.3, -0.25) is 14.8 Å². The molecule has 2 aliphatic rings. The molecule has 5 nitrogen and oxygen atoms in total. The van der Waals surface area contributed by atoms with Crippen molar-refractivity contribution in [3.05, 3.63) is 60.4 Å². The summed E-state index contributed by atoms with van der Waals surface area (Å²) in [4.78, 5) is 23.1. The van der Waals surface area contributed by atoms with Gasteiger partial charge in [-0.2, -0.15) is 0 Å². The molecule has 0 radical (unpaired) electrons.